The van der Waals surface area contributed by atoms with Gasteiger partial charge in [-0.05, 0) is 34.9 Å². The van der Waals surface area contributed by atoms with E-state index in [4.69, 9.17) is 0 Å². The van der Waals surface area contributed by atoms with Crippen LogP contribution in [0.25, 0.3) is 10.6 Å². The summed E-state index contributed by atoms with van der Waals surface area (Å²) in [6.45, 7) is 2.13. The average molecular weight is 361 g/mol. The topological polar surface area (TPSA) is 42.0 Å². The Hall–Kier alpha value is -1.63. The third-order valence-electron chi connectivity index (χ3n) is 3.12. The summed E-state index contributed by atoms with van der Waals surface area (Å²) in [6, 6.07) is 12.2. The molecule has 0 unspecified atom stereocenters. The van der Waals surface area contributed by atoms with Crippen molar-refractivity contribution in [2.24, 2.45) is 0 Å². The van der Waals surface area contributed by atoms with Crippen molar-refractivity contribution in [3.05, 3.63) is 52.7 Å². The van der Waals surface area contributed by atoms with E-state index in [1.54, 1.807) is 23.1 Å². The number of carbonyl (C=O) groups excluding carboxylic acids is 1. The lowest BCUT2D eigenvalue weighted by atomic mass is 10.1. The maximum Gasteiger partial charge on any atom is 0.230 e. The molecule has 1 aromatic carbocycles. The van der Waals surface area contributed by atoms with Crippen molar-refractivity contribution in [2.45, 2.75) is 18.2 Å². The molecule has 3 rings (SSSR count). The highest BCUT2D eigenvalue weighted by Gasteiger charge is 2.09. The zero-order valence-electron chi connectivity index (χ0n) is 12.6. The number of rotatable bonds is 6. The first-order valence-electron chi connectivity index (χ1n) is 7.25. The van der Waals surface area contributed by atoms with Gasteiger partial charge in [-0.1, -0.05) is 25.1 Å². The molecule has 0 spiro atoms. The van der Waals surface area contributed by atoms with Crippen molar-refractivity contribution in [1.82, 2.24) is 4.98 Å². The molecule has 0 bridgehead atoms. The number of nitrogens with zero attached hydrogens (tertiary/aromatic N) is 1. The molecule has 0 radical (unpaired) electrons. The normalized spacial score (nSPS) is 10.7. The Morgan fingerprint density at radius 3 is 2.74 bits per heavy atom. The largest absolute Gasteiger partial charge is 0.302 e. The molecular weight excluding hydrogens is 344 g/mol. The summed E-state index contributed by atoms with van der Waals surface area (Å²) in [5.41, 5.74) is 1.93. The fourth-order valence-electron chi connectivity index (χ4n) is 2.09. The summed E-state index contributed by atoms with van der Waals surface area (Å²) in [5.74, 6) is 1.02. The first-order chi connectivity index (χ1) is 11.2. The second-order valence-electron chi connectivity index (χ2n) is 4.82. The summed E-state index contributed by atoms with van der Waals surface area (Å²) < 4.78 is 0. The van der Waals surface area contributed by atoms with Gasteiger partial charge in [0.15, 0.2) is 5.13 Å². The number of amides is 1. The minimum atomic E-state index is -0.0343. The number of nitrogens with one attached hydrogen (secondary N) is 1. The van der Waals surface area contributed by atoms with Crippen molar-refractivity contribution in [1.29, 1.82) is 0 Å². The van der Waals surface area contributed by atoms with Crippen LogP contribution >= 0.6 is 34.4 Å². The van der Waals surface area contributed by atoms with Crippen LogP contribution in [0.1, 0.15) is 12.5 Å². The molecule has 0 fully saturated rings. The van der Waals surface area contributed by atoms with Crippen LogP contribution in [0.3, 0.4) is 0 Å². The van der Waals surface area contributed by atoms with E-state index in [0.717, 1.165) is 21.9 Å². The van der Waals surface area contributed by atoms with Gasteiger partial charge >= 0.3 is 0 Å². The molecule has 6 heteroatoms. The van der Waals surface area contributed by atoms with E-state index in [9.17, 15) is 4.79 Å². The Balaban J connectivity index is 1.59. The molecule has 0 aliphatic rings. The Bertz CT molecular complexity index is 764. The van der Waals surface area contributed by atoms with Gasteiger partial charge in [0.25, 0.3) is 0 Å². The van der Waals surface area contributed by atoms with Gasteiger partial charge in [0.1, 0.15) is 0 Å². The monoisotopic (exact) mass is 360 g/mol. The van der Waals surface area contributed by atoms with Gasteiger partial charge in [-0.3, -0.25) is 4.79 Å². The maximum absolute atomic E-state index is 12.1. The smallest absolute Gasteiger partial charge is 0.230 e. The van der Waals surface area contributed by atoms with Gasteiger partial charge in [0.05, 0.1) is 17.0 Å². The van der Waals surface area contributed by atoms with Crippen LogP contribution in [0.4, 0.5) is 5.13 Å². The van der Waals surface area contributed by atoms with E-state index in [1.165, 1.54) is 16.2 Å². The van der Waals surface area contributed by atoms with Crippen LogP contribution < -0.4 is 5.32 Å². The molecule has 1 amide bonds. The molecule has 3 nitrogen and oxygen atoms in total. The molecule has 0 aliphatic heterocycles. The fraction of sp³-hybridized carbons (Fsp3) is 0.176. The van der Waals surface area contributed by atoms with Gasteiger partial charge in [-0.2, -0.15) is 0 Å². The predicted octanol–water partition coefficient (Wildman–Crippen LogP) is 5.16. The van der Waals surface area contributed by atoms with Gasteiger partial charge in [-0.25, -0.2) is 4.98 Å². The van der Waals surface area contributed by atoms with E-state index in [1.807, 2.05) is 35.0 Å². The first-order valence-corrected chi connectivity index (χ1v) is 10.00. The molecule has 0 aliphatic carbocycles. The second kappa shape index (κ2) is 7.77. The molecule has 118 valence electrons. The summed E-state index contributed by atoms with van der Waals surface area (Å²) in [7, 11) is 0. The van der Waals surface area contributed by atoms with Gasteiger partial charge in [-0.15, -0.1) is 34.4 Å². The van der Waals surface area contributed by atoms with Crippen LogP contribution in [-0.4, -0.2) is 16.6 Å². The van der Waals surface area contributed by atoms with E-state index in [0.29, 0.717) is 11.6 Å². The standard InChI is InChI=1S/C17H16N2OS3/c1-2-21-13-7-5-12(6-8-13)10-16(20)19-17-18-14(11-23-17)15-4-3-9-22-15/h3-9,11H,2,10H2,1H3,(H,18,19,20). The minimum absolute atomic E-state index is 0.0343. The molecule has 2 heterocycles. The van der Waals surface area contributed by atoms with Crippen molar-refractivity contribution in [3.8, 4) is 10.6 Å². The summed E-state index contributed by atoms with van der Waals surface area (Å²) >= 11 is 4.90. The molecular formula is C17H16N2OS3. The quantitative estimate of drug-likeness (QED) is 0.617. The number of hydrogen-bond acceptors (Lipinski definition) is 5. The molecule has 3 aromatic rings. The number of thiazole rings is 1. The number of anilines is 1. The SMILES string of the molecule is CCSc1ccc(CC(=O)Nc2nc(-c3cccs3)cs2)cc1. The summed E-state index contributed by atoms with van der Waals surface area (Å²) in [6.07, 6.45) is 0.366. The Morgan fingerprint density at radius 1 is 1.22 bits per heavy atom. The van der Waals surface area contributed by atoms with Gasteiger partial charge in [0.2, 0.25) is 5.91 Å². The third-order valence-corrected chi connectivity index (χ3v) is 5.67. The molecule has 0 saturated heterocycles. The van der Waals surface area contributed by atoms with Crippen molar-refractivity contribution >= 4 is 45.5 Å². The lowest BCUT2D eigenvalue weighted by Crippen LogP contribution is -2.14. The van der Waals surface area contributed by atoms with Crippen LogP contribution in [0.15, 0.2) is 52.1 Å². The average Bonchev–Trinajstić information content (AvgIpc) is 3.20. The van der Waals surface area contributed by atoms with Crippen LogP contribution in [0.2, 0.25) is 0 Å². The summed E-state index contributed by atoms with van der Waals surface area (Å²) in [5, 5.41) is 7.52. The summed E-state index contributed by atoms with van der Waals surface area (Å²) in [4.78, 5) is 19.0. The van der Waals surface area contributed by atoms with E-state index in [-0.39, 0.29) is 5.91 Å². The zero-order valence-corrected chi connectivity index (χ0v) is 15.1. The number of thioether (sulfide) groups is 1. The van der Waals surface area contributed by atoms with E-state index >= 15 is 0 Å². The Kier molecular flexibility index (Phi) is 5.48. The minimum Gasteiger partial charge on any atom is -0.302 e. The van der Waals surface area contributed by atoms with Crippen LogP contribution in [0, 0.1) is 0 Å². The highest BCUT2D eigenvalue weighted by atomic mass is 32.2. The van der Waals surface area contributed by atoms with E-state index < -0.39 is 0 Å². The van der Waals surface area contributed by atoms with Gasteiger partial charge < -0.3 is 5.32 Å². The maximum atomic E-state index is 12.1. The lowest BCUT2D eigenvalue weighted by Gasteiger charge is -2.03. The van der Waals surface area contributed by atoms with Gasteiger partial charge in [0, 0.05) is 10.3 Å². The van der Waals surface area contributed by atoms with E-state index in [2.05, 4.69) is 29.4 Å². The van der Waals surface area contributed by atoms with Crippen molar-refractivity contribution in [2.75, 3.05) is 11.1 Å². The second-order valence-corrected chi connectivity index (χ2v) is 7.96. The molecule has 2 aromatic heterocycles. The Morgan fingerprint density at radius 2 is 2.04 bits per heavy atom. The number of hydrogen-bond donors (Lipinski definition) is 1. The zero-order chi connectivity index (χ0) is 16.1. The van der Waals surface area contributed by atoms with Crippen LogP contribution in [0.5, 0.6) is 0 Å². The third kappa shape index (κ3) is 4.43. The lowest BCUT2D eigenvalue weighted by molar-refractivity contribution is -0.115. The first kappa shape index (κ1) is 16.2. The van der Waals surface area contributed by atoms with Crippen LogP contribution in [-0.2, 0) is 11.2 Å². The molecule has 0 atom stereocenters. The number of thiophene rings is 1. The van der Waals surface area contributed by atoms with Crippen molar-refractivity contribution in [3.63, 3.8) is 0 Å². The van der Waals surface area contributed by atoms with Crippen molar-refractivity contribution < 1.29 is 4.79 Å². The molecule has 0 saturated carbocycles. The number of benzene rings is 1. The fourth-order valence-corrected chi connectivity index (χ4v) is 4.24. The molecule has 1 N–H and O–H groups in total. The predicted molar refractivity (Wildman–Crippen MR) is 101 cm³/mol. The highest BCUT2D eigenvalue weighted by Crippen LogP contribution is 2.28. The number of carbonyl (C=O) groups is 1. The number of aromatic nitrogens is 1. The Labute approximate surface area is 147 Å². The highest BCUT2D eigenvalue weighted by molar-refractivity contribution is 7.99. The molecule has 23 heavy (non-hydrogen) atoms.